The van der Waals surface area contributed by atoms with Crippen LogP contribution in [0.3, 0.4) is 0 Å². The van der Waals surface area contributed by atoms with Crippen molar-refractivity contribution >= 4 is 17.5 Å². The molecule has 2 amide bonds. The molecule has 1 aromatic carbocycles. The van der Waals surface area contributed by atoms with Gasteiger partial charge in [0.05, 0.1) is 12.1 Å². The Morgan fingerprint density at radius 2 is 1.82 bits per heavy atom. The van der Waals surface area contributed by atoms with Gasteiger partial charge >= 0.3 is 0 Å². The maximum Gasteiger partial charge on any atom is 0.242 e. The minimum Gasteiger partial charge on any atom is -0.354 e. The molecule has 1 unspecified atom stereocenters. The van der Waals surface area contributed by atoms with E-state index in [2.05, 4.69) is 15.6 Å². The SMILES string of the molecule is CC(C)C(NC(=O)Cc1ccccc1)C(=O)NCCc1cn2ccccc2n1. The number of imidazole rings is 1. The Kier molecular flexibility index (Phi) is 6.42. The Labute approximate surface area is 165 Å². The van der Waals surface area contributed by atoms with Gasteiger partial charge in [0.25, 0.3) is 0 Å². The predicted molar refractivity (Wildman–Crippen MR) is 109 cm³/mol. The maximum atomic E-state index is 12.6. The highest BCUT2D eigenvalue weighted by atomic mass is 16.2. The lowest BCUT2D eigenvalue weighted by Gasteiger charge is -2.21. The van der Waals surface area contributed by atoms with Gasteiger partial charge in [0, 0.05) is 25.4 Å². The van der Waals surface area contributed by atoms with Crippen molar-refractivity contribution in [2.75, 3.05) is 6.54 Å². The summed E-state index contributed by atoms with van der Waals surface area (Å²) in [6.45, 7) is 4.32. The number of carbonyl (C=O) groups excluding carboxylic acids is 2. The van der Waals surface area contributed by atoms with E-state index in [9.17, 15) is 9.59 Å². The fraction of sp³-hybridized carbons (Fsp3) is 0.318. The Morgan fingerprint density at radius 1 is 1.07 bits per heavy atom. The second-order valence-electron chi connectivity index (χ2n) is 7.19. The summed E-state index contributed by atoms with van der Waals surface area (Å²) >= 11 is 0. The second-order valence-corrected chi connectivity index (χ2v) is 7.19. The first kappa shape index (κ1) is 19.6. The lowest BCUT2D eigenvalue weighted by molar-refractivity contribution is -0.129. The molecule has 0 bridgehead atoms. The van der Waals surface area contributed by atoms with E-state index in [-0.39, 0.29) is 24.2 Å². The molecule has 3 aromatic rings. The van der Waals surface area contributed by atoms with Gasteiger partial charge in [-0.25, -0.2) is 4.98 Å². The molecule has 2 heterocycles. The fourth-order valence-corrected chi connectivity index (χ4v) is 3.07. The third-order valence-corrected chi connectivity index (χ3v) is 4.57. The molecular weight excluding hydrogens is 352 g/mol. The molecule has 146 valence electrons. The van der Waals surface area contributed by atoms with Gasteiger partial charge in [-0.1, -0.05) is 50.2 Å². The number of fused-ring (bicyclic) bond motifs is 1. The number of nitrogens with zero attached hydrogens (tertiary/aromatic N) is 2. The monoisotopic (exact) mass is 378 g/mol. The number of aromatic nitrogens is 2. The number of benzene rings is 1. The molecule has 6 heteroatoms. The molecule has 2 aromatic heterocycles. The van der Waals surface area contributed by atoms with Crippen molar-refractivity contribution in [3.63, 3.8) is 0 Å². The van der Waals surface area contributed by atoms with E-state index in [1.54, 1.807) is 0 Å². The lowest BCUT2D eigenvalue weighted by atomic mass is 10.0. The van der Waals surface area contributed by atoms with Gasteiger partial charge in [0.1, 0.15) is 11.7 Å². The second kappa shape index (κ2) is 9.17. The summed E-state index contributed by atoms with van der Waals surface area (Å²) in [6, 6.07) is 14.8. The van der Waals surface area contributed by atoms with Crippen LogP contribution in [-0.2, 0) is 22.4 Å². The van der Waals surface area contributed by atoms with Crippen molar-refractivity contribution in [3.05, 3.63) is 72.2 Å². The minimum absolute atomic E-state index is 0.00471. The number of pyridine rings is 1. The summed E-state index contributed by atoms with van der Waals surface area (Å²) in [4.78, 5) is 29.4. The van der Waals surface area contributed by atoms with Crippen molar-refractivity contribution in [1.29, 1.82) is 0 Å². The van der Waals surface area contributed by atoms with Gasteiger partial charge < -0.3 is 15.0 Å². The van der Waals surface area contributed by atoms with E-state index < -0.39 is 6.04 Å². The maximum absolute atomic E-state index is 12.6. The van der Waals surface area contributed by atoms with Gasteiger partial charge in [-0.15, -0.1) is 0 Å². The zero-order chi connectivity index (χ0) is 19.9. The molecule has 0 aliphatic rings. The molecule has 0 radical (unpaired) electrons. The first-order valence-corrected chi connectivity index (χ1v) is 9.56. The number of rotatable bonds is 8. The van der Waals surface area contributed by atoms with Crippen molar-refractivity contribution < 1.29 is 9.59 Å². The molecule has 6 nitrogen and oxygen atoms in total. The first-order valence-electron chi connectivity index (χ1n) is 9.56. The quantitative estimate of drug-likeness (QED) is 0.632. The van der Waals surface area contributed by atoms with E-state index in [1.807, 2.05) is 79.2 Å². The van der Waals surface area contributed by atoms with Gasteiger partial charge in [0.2, 0.25) is 11.8 Å². The molecule has 28 heavy (non-hydrogen) atoms. The van der Waals surface area contributed by atoms with E-state index in [0.29, 0.717) is 13.0 Å². The normalized spacial score (nSPS) is 12.1. The predicted octanol–water partition coefficient (Wildman–Crippen LogP) is 2.38. The minimum atomic E-state index is -0.558. The Hall–Kier alpha value is -3.15. The fourth-order valence-electron chi connectivity index (χ4n) is 3.07. The summed E-state index contributed by atoms with van der Waals surface area (Å²) in [6.07, 6.45) is 4.80. The summed E-state index contributed by atoms with van der Waals surface area (Å²) in [5.74, 6) is -0.324. The van der Waals surface area contributed by atoms with Crippen LogP contribution in [0.25, 0.3) is 5.65 Å². The Balaban J connectivity index is 1.51. The first-order chi connectivity index (χ1) is 13.5. The van der Waals surface area contributed by atoms with E-state index >= 15 is 0 Å². The number of hydrogen-bond acceptors (Lipinski definition) is 3. The number of hydrogen-bond donors (Lipinski definition) is 2. The van der Waals surface area contributed by atoms with E-state index in [1.165, 1.54) is 0 Å². The summed E-state index contributed by atoms with van der Waals surface area (Å²) in [5.41, 5.74) is 2.73. The average Bonchev–Trinajstić information content (AvgIpc) is 3.09. The molecule has 1 atom stereocenters. The van der Waals surface area contributed by atoms with Crippen LogP contribution >= 0.6 is 0 Å². The largest absolute Gasteiger partial charge is 0.354 e. The van der Waals surface area contributed by atoms with Crippen molar-refractivity contribution in [2.45, 2.75) is 32.7 Å². The third kappa shape index (κ3) is 5.19. The van der Waals surface area contributed by atoms with Crippen LogP contribution < -0.4 is 10.6 Å². The molecule has 3 rings (SSSR count). The summed E-state index contributed by atoms with van der Waals surface area (Å²) in [5, 5.41) is 5.79. The molecule has 2 N–H and O–H groups in total. The number of amides is 2. The van der Waals surface area contributed by atoms with Crippen LogP contribution in [0.15, 0.2) is 60.9 Å². The van der Waals surface area contributed by atoms with E-state index in [0.717, 1.165) is 16.9 Å². The van der Waals surface area contributed by atoms with Crippen LogP contribution in [0, 0.1) is 5.92 Å². The third-order valence-electron chi connectivity index (χ3n) is 4.57. The summed E-state index contributed by atoms with van der Waals surface area (Å²) in [7, 11) is 0. The summed E-state index contributed by atoms with van der Waals surface area (Å²) < 4.78 is 1.96. The van der Waals surface area contributed by atoms with Crippen molar-refractivity contribution in [1.82, 2.24) is 20.0 Å². The molecule has 0 aliphatic heterocycles. The van der Waals surface area contributed by atoms with Crippen LogP contribution in [0.5, 0.6) is 0 Å². The standard InChI is InChI=1S/C22H26N4O2/c1-16(2)21(25-20(27)14-17-8-4-3-5-9-17)22(28)23-12-11-18-15-26-13-7-6-10-19(26)24-18/h3-10,13,15-16,21H,11-12,14H2,1-2H3,(H,23,28)(H,25,27). The van der Waals surface area contributed by atoms with Gasteiger partial charge in [-0.2, -0.15) is 0 Å². The van der Waals surface area contributed by atoms with Crippen molar-refractivity contribution in [3.8, 4) is 0 Å². The molecule has 0 fully saturated rings. The van der Waals surface area contributed by atoms with Crippen molar-refractivity contribution in [2.24, 2.45) is 5.92 Å². The van der Waals surface area contributed by atoms with Crippen LogP contribution in [0.2, 0.25) is 0 Å². The Morgan fingerprint density at radius 3 is 2.54 bits per heavy atom. The van der Waals surface area contributed by atoms with Crippen LogP contribution in [0.4, 0.5) is 0 Å². The Bertz CT molecular complexity index is 901. The zero-order valence-corrected chi connectivity index (χ0v) is 16.3. The lowest BCUT2D eigenvalue weighted by Crippen LogP contribution is -2.50. The number of nitrogens with one attached hydrogen (secondary N) is 2. The highest BCUT2D eigenvalue weighted by Gasteiger charge is 2.23. The molecule has 0 saturated carbocycles. The zero-order valence-electron chi connectivity index (χ0n) is 16.3. The van der Waals surface area contributed by atoms with Crippen LogP contribution in [-0.4, -0.2) is 33.8 Å². The van der Waals surface area contributed by atoms with Gasteiger partial charge in [0.15, 0.2) is 0 Å². The molecule has 0 spiro atoms. The molecule has 0 saturated heterocycles. The topological polar surface area (TPSA) is 75.5 Å². The van der Waals surface area contributed by atoms with Gasteiger partial charge in [-0.3, -0.25) is 9.59 Å². The highest BCUT2D eigenvalue weighted by Crippen LogP contribution is 2.06. The molecular formula is C22H26N4O2. The molecule has 0 aliphatic carbocycles. The average molecular weight is 378 g/mol. The number of carbonyl (C=O) groups is 2. The smallest absolute Gasteiger partial charge is 0.242 e. The van der Waals surface area contributed by atoms with Gasteiger partial charge in [-0.05, 0) is 23.6 Å². The highest BCUT2D eigenvalue weighted by molar-refractivity contribution is 5.88. The van der Waals surface area contributed by atoms with Crippen LogP contribution in [0.1, 0.15) is 25.1 Å². The van der Waals surface area contributed by atoms with E-state index in [4.69, 9.17) is 0 Å².